The van der Waals surface area contributed by atoms with Gasteiger partial charge in [0.2, 0.25) is 11.8 Å². The third kappa shape index (κ3) is 4.85. The van der Waals surface area contributed by atoms with Crippen LogP contribution in [-0.2, 0) is 16.0 Å². The summed E-state index contributed by atoms with van der Waals surface area (Å²) in [6.45, 7) is -0.349. The number of oxime groups is 1. The van der Waals surface area contributed by atoms with E-state index in [0.29, 0.717) is 24.3 Å². The first-order valence-electron chi connectivity index (χ1n) is 13.1. The maximum Gasteiger partial charge on any atom is 0.233 e. The number of aliphatic hydroxyl groups excluding tert-OH is 1. The van der Waals surface area contributed by atoms with E-state index in [1.54, 1.807) is 29.2 Å². The van der Waals surface area contributed by atoms with Crippen LogP contribution in [0.2, 0.25) is 0 Å². The molecule has 1 saturated heterocycles. The Morgan fingerprint density at radius 2 is 1.80 bits per heavy atom. The molecule has 10 heteroatoms. The van der Waals surface area contributed by atoms with E-state index in [1.165, 1.54) is 0 Å². The molecule has 0 radical (unpaired) electrons. The monoisotopic (exact) mass is 537 g/mol. The number of carbonyl (C=O) groups excluding carboxylic acids is 2. The van der Waals surface area contributed by atoms with E-state index in [4.69, 9.17) is 9.84 Å². The molecular weight excluding hydrogens is 510 g/mol. The average molecular weight is 538 g/mol. The van der Waals surface area contributed by atoms with E-state index < -0.39 is 17.9 Å². The number of nitrogens with one attached hydrogen (secondary N) is 1. The summed E-state index contributed by atoms with van der Waals surface area (Å²) in [5, 5.41) is 29.8. The lowest BCUT2D eigenvalue weighted by Gasteiger charge is -2.28. The molecule has 1 aliphatic heterocycles. The first kappa shape index (κ1) is 25.4. The first-order chi connectivity index (χ1) is 19.5. The number of aryl methyl sites for hydroxylation is 1. The van der Waals surface area contributed by atoms with Crippen LogP contribution in [0.4, 0.5) is 0 Å². The molecular formula is C30H27N5O5. The van der Waals surface area contributed by atoms with Crippen LogP contribution in [-0.4, -0.2) is 55.3 Å². The summed E-state index contributed by atoms with van der Waals surface area (Å²) in [4.78, 5) is 27.9. The van der Waals surface area contributed by atoms with E-state index in [-0.39, 0.29) is 18.9 Å². The zero-order valence-corrected chi connectivity index (χ0v) is 21.5. The van der Waals surface area contributed by atoms with Crippen LogP contribution in [0, 0.1) is 5.92 Å². The highest BCUT2D eigenvalue weighted by molar-refractivity contribution is 6.04. The molecule has 3 N–H and O–H groups in total. The number of aromatic nitrogens is 3. The van der Waals surface area contributed by atoms with Crippen molar-refractivity contribution in [2.75, 3.05) is 6.61 Å². The Morgan fingerprint density at radius 3 is 2.52 bits per heavy atom. The number of carbonyl (C=O) groups is 2. The summed E-state index contributed by atoms with van der Waals surface area (Å²) in [5.41, 5.74) is 7.29. The van der Waals surface area contributed by atoms with Crippen molar-refractivity contribution in [2.24, 2.45) is 11.1 Å². The Balaban J connectivity index is 1.30. The molecule has 3 heterocycles. The molecule has 202 valence electrons. The van der Waals surface area contributed by atoms with Gasteiger partial charge in [-0.15, -0.1) is 0 Å². The minimum atomic E-state index is -0.759. The van der Waals surface area contributed by atoms with Gasteiger partial charge in [0.05, 0.1) is 23.9 Å². The quantitative estimate of drug-likeness (QED) is 0.186. The van der Waals surface area contributed by atoms with Crippen LogP contribution in [0.5, 0.6) is 5.75 Å². The van der Waals surface area contributed by atoms with Crippen LogP contribution in [0.15, 0.2) is 78.3 Å². The summed E-state index contributed by atoms with van der Waals surface area (Å²) in [5.74, 6) is -0.845. The Bertz CT molecular complexity index is 1600. The number of nitrogens with zero attached hydrogens (tertiary/aromatic N) is 4. The number of hydrogen-bond donors (Lipinski definition) is 3. The summed E-state index contributed by atoms with van der Waals surface area (Å²) < 4.78 is 7.74. The average Bonchev–Trinajstić information content (AvgIpc) is 3.61. The minimum absolute atomic E-state index is 0.219. The summed E-state index contributed by atoms with van der Waals surface area (Å²) in [6, 6.07) is 17.2. The SMILES string of the molecule is O=C1CCC(C(CO)Oc2ccc(-n3cc(-c4ccc5c(c4)CC/C5=N\O)c(-c4ccncc4)n3)cc2)C(=O)N1. The molecule has 10 nitrogen and oxygen atoms in total. The Labute approximate surface area is 229 Å². The number of pyridine rings is 1. The number of fused-ring (bicyclic) bond motifs is 1. The molecule has 1 fully saturated rings. The molecule has 0 spiro atoms. The number of hydrogen-bond acceptors (Lipinski definition) is 8. The van der Waals surface area contributed by atoms with E-state index in [9.17, 15) is 19.9 Å². The maximum atomic E-state index is 12.2. The molecule has 2 aromatic carbocycles. The van der Waals surface area contributed by atoms with Crippen LogP contribution in [0.25, 0.3) is 28.1 Å². The number of imide groups is 1. The molecule has 0 bridgehead atoms. The highest BCUT2D eigenvalue weighted by Gasteiger charge is 2.34. The Morgan fingerprint density at radius 1 is 1.00 bits per heavy atom. The van der Waals surface area contributed by atoms with Gasteiger partial charge in [-0.25, -0.2) is 4.68 Å². The molecule has 2 aliphatic rings. The van der Waals surface area contributed by atoms with Gasteiger partial charge < -0.3 is 15.1 Å². The highest BCUT2D eigenvalue weighted by atomic mass is 16.5. The van der Waals surface area contributed by atoms with Crippen molar-refractivity contribution in [2.45, 2.75) is 31.8 Å². The number of ether oxygens (including phenoxy) is 1. The summed E-state index contributed by atoms with van der Waals surface area (Å²) in [6.07, 6.45) is 6.76. The van der Waals surface area contributed by atoms with Crippen molar-refractivity contribution in [3.63, 3.8) is 0 Å². The lowest BCUT2D eigenvalue weighted by molar-refractivity contribution is -0.139. The summed E-state index contributed by atoms with van der Waals surface area (Å²) in [7, 11) is 0. The van der Waals surface area contributed by atoms with Gasteiger partial charge in [-0.3, -0.25) is 19.9 Å². The van der Waals surface area contributed by atoms with Crippen LogP contribution in [0.3, 0.4) is 0 Å². The zero-order chi connectivity index (χ0) is 27.6. The van der Waals surface area contributed by atoms with E-state index in [2.05, 4.69) is 21.5 Å². The number of benzene rings is 2. The lowest BCUT2D eigenvalue weighted by Crippen LogP contribution is -2.48. The first-order valence-corrected chi connectivity index (χ1v) is 13.1. The van der Waals surface area contributed by atoms with Crippen LogP contribution in [0.1, 0.15) is 30.4 Å². The predicted molar refractivity (Wildman–Crippen MR) is 146 cm³/mol. The van der Waals surface area contributed by atoms with Gasteiger partial charge in [-0.2, -0.15) is 5.10 Å². The third-order valence-electron chi connectivity index (χ3n) is 7.45. The van der Waals surface area contributed by atoms with Gasteiger partial charge in [-0.05, 0) is 66.8 Å². The van der Waals surface area contributed by atoms with Crippen molar-refractivity contribution in [1.82, 2.24) is 20.1 Å². The molecule has 2 unspecified atom stereocenters. The fourth-order valence-electron chi connectivity index (χ4n) is 5.35. The smallest absolute Gasteiger partial charge is 0.233 e. The van der Waals surface area contributed by atoms with Gasteiger partial charge in [0.25, 0.3) is 0 Å². The van der Waals surface area contributed by atoms with E-state index in [0.717, 1.165) is 45.6 Å². The van der Waals surface area contributed by atoms with Crippen LogP contribution >= 0.6 is 0 Å². The number of aliphatic hydroxyl groups is 1. The topological polar surface area (TPSA) is 139 Å². The normalized spacial score (nSPS) is 18.4. The van der Waals surface area contributed by atoms with Crippen molar-refractivity contribution < 1.29 is 24.6 Å². The van der Waals surface area contributed by atoms with Crippen LogP contribution < -0.4 is 10.1 Å². The second-order valence-corrected chi connectivity index (χ2v) is 9.88. The molecule has 1 aliphatic carbocycles. The van der Waals surface area contributed by atoms with Gasteiger partial charge in [0.15, 0.2) is 0 Å². The van der Waals surface area contributed by atoms with Crippen molar-refractivity contribution >= 4 is 17.5 Å². The van der Waals surface area contributed by atoms with Crippen molar-refractivity contribution in [3.8, 4) is 33.8 Å². The van der Waals surface area contributed by atoms with Crippen molar-refractivity contribution in [3.05, 3.63) is 84.3 Å². The highest BCUT2D eigenvalue weighted by Crippen LogP contribution is 2.35. The maximum absolute atomic E-state index is 12.2. The Hall–Kier alpha value is -4.83. The molecule has 2 atom stereocenters. The third-order valence-corrected chi connectivity index (χ3v) is 7.45. The predicted octanol–water partition coefficient (Wildman–Crippen LogP) is 3.52. The molecule has 0 saturated carbocycles. The van der Waals surface area contributed by atoms with Gasteiger partial charge in [0.1, 0.15) is 17.5 Å². The second-order valence-electron chi connectivity index (χ2n) is 9.88. The van der Waals surface area contributed by atoms with Gasteiger partial charge >= 0.3 is 0 Å². The standard InChI is InChI=1S/C30H27N5O5/c36-17-27(24-8-10-28(37)32-30(24)38)40-22-5-3-21(4-6-22)35-16-25(29(33-35)18-11-13-31-14-12-18)20-1-7-23-19(15-20)2-9-26(23)34-39/h1,3-7,11-16,24,27,36,39H,2,8-10,17H2,(H,32,37,38)/b34-26+. The zero-order valence-electron chi connectivity index (χ0n) is 21.5. The summed E-state index contributed by atoms with van der Waals surface area (Å²) >= 11 is 0. The fourth-order valence-corrected chi connectivity index (χ4v) is 5.35. The second kappa shape index (κ2) is 10.7. The van der Waals surface area contributed by atoms with Gasteiger partial charge in [-0.1, -0.05) is 23.4 Å². The molecule has 2 aromatic heterocycles. The number of piperidine rings is 1. The fraction of sp³-hybridized carbons (Fsp3) is 0.233. The minimum Gasteiger partial charge on any atom is -0.487 e. The number of amides is 2. The Kier molecular flexibility index (Phi) is 6.83. The molecule has 4 aromatic rings. The number of rotatable bonds is 7. The molecule has 40 heavy (non-hydrogen) atoms. The van der Waals surface area contributed by atoms with E-state index >= 15 is 0 Å². The van der Waals surface area contributed by atoms with Gasteiger partial charge in [0, 0.05) is 41.7 Å². The van der Waals surface area contributed by atoms with E-state index in [1.807, 2.05) is 42.6 Å². The lowest BCUT2D eigenvalue weighted by atomic mass is 9.92. The molecule has 2 amide bonds. The largest absolute Gasteiger partial charge is 0.487 e. The molecule has 6 rings (SSSR count). The van der Waals surface area contributed by atoms with Crippen molar-refractivity contribution in [1.29, 1.82) is 0 Å².